The second kappa shape index (κ2) is 5.19. The first-order chi connectivity index (χ1) is 8.57. The Morgan fingerprint density at radius 3 is 2.39 bits per heavy atom. The van der Waals surface area contributed by atoms with Gasteiger partial charge in [0.15, 0.2) is 0 Å². The van der Waals surface area contributed by atoms with Crippen molar-refractivity contribution >= 4 is 0 Å². The van der Waals surface area contributed by atoms with E-state index in [-0.39, 0.29) is 5.54 Å². The maximum Gasteiger partial charge on any atom is 0.122 e. The smallest absolute Gasteiger partial charge is 0.122 e. The Morgan fingerprint density at radius 2 is 2.00 bits per heavy atom. The van der Waals surface area contributed by atoms with Gasteiger partial charge in [0, 0.05) is 6.54 Å². The highest BCUT2D eigenvalue weighted by atomic mass is 15.2. The molecule has 0 aromatic heterocycles. The van der Waals surface area contributed by atoms with E-state index in [1.165, 1.54) is 32.1 Å². The highest BCUT2D eigenvalue weighted by Crippen LogP contribution is 2.41. The molecule has 0 radical (unpaired) electrons. The Labute approximate surface area is 112 Å². The molecule has 1 heterocycles. The zero-order chi connectivity index (χ0) is 13.2. The maximum atomic E-state index is 9.53. The van der Waals surface area contributed by atoms with Crippen LogP contribution in [0.5, 0.6) is 0 Å². The fourth-order valence-electron chi connectivity index (χ4n) is 3.13. The van der Waals surface area contributed by atoms with E-state index in [4.69, 9.17) is 0 Å². The topological polar surface area (TPSA) is 39.1 Å². The molecule has 1 aliphatic carbocycles. The molecule has 1 unspecified atom stereocenters. The van der Waals surface area contributed by atoms with Crippen LogP contribution in [0.15, 0.2) is 0 Å². The Balaban J connectivity index is 1.92. The van der Waals surface area contributed by atoms with Gasteiger partial charge >= 0.3 is 0 Å². The van der Waals surface area contributed by atoms with Crippen molar-refractivity contribution in [2.75, 3.05) is 26.7 Å². The molecule has 2 aliphatic rings. The Morgan fingerprint density at radius 1 is 1.39 bits per heavy atom. The van der Waals surface area contributed by atoms with Gasteiger partial charge in [-0.1, -0.05) is 20.3 Å². The number of piperidine rings is 1. The maximum absolute atomic E-state index is 9.53. The molecule has 1 aliphatic heterocycles. The van der Waals surface area contributed by atoms with Crippen molar-refractivity contribution < 1.29 is 0 Å². The number of nitrogens with zero attached hydrogens (tertiary/aromatic N) is 2. The Bertz CT molecular complexity index is 321. The van der Waals surface area contributed by atoms with Gasteiger partial charge in [0.2, 0.25) is 0 Å². The summed E-state index contributed by atoms with van der Waals surface area (Å²) in [5.41, 5.74) is 0.241. The lowest BCUT2D eigenvalue weighted by Gasteiger charge is -2.42. The van der Waals surface area contributed by atoms with Gasteiger partial charge in [0.1, 0.15) is 5.54 Å². The fraction of sp³-hybridized carbons (Fsp3) is 0.933. The zero-order valence-corrected chi connectivity index (χ0v) is 12.1. The second-order valence-electron chi connectivity index (χ2n) is 6.55. The Kier molecular flexibility index (Phi) is 3.99. The summed E-state index contributed by atoms with van der Waals surface area (Å²) >= 11 is 0. The van der Waals surface area contributed by atoms with E-state index in [1.807, 2.05) is 7.05 Å². The average molecular weight is 249 g/mol. The minimum Gasteiger partial charge on any atom is -0.301 e. The number of likely N-dealkylation sites (N-methyl/N-ethyl adjacent to an activating group) is 1. The molecule has 0 spiro atoms. The predicted octanol–water partition coefficient (Wildman–Crippen LogP) is 2.39. The highest BCUT2D eigenvalue weighted by molar-refractivity contribution is 5.16. The van der Waals surface area contributed by atoms with Crippen LogP contribution in [0.1, 0.15) is 46.0 Å². The largest absolute Gasteiger partial charge is 0.301 e. The number of nitriles is 1. The van der Waals surface area contributed by atoms with Crippen molar-refractivity contribution in [1.29, 1.82) is 5.26 Å². The number of hydrogen-bond acceptors (Lipinski definition) is 3. The van der Waals surface area contributed by atoms with Crippen LogP contribution in [0.25, 0.3) is 0 Å². The summed E-state index contributed by atoms with van der Waals surface area (Å²) in [6.45, 7) is 7.92. The molecule has 102 valence electrons. The molecule has 1 N–H and O–H groups in total. The quantitative estimate of drug-likeness (QED) is 0.813. The van der Waals surface area contributed by atoms with Gasteiger partial charge in [-0.3, -0.25) is 0 Å². The van der Waals surface area contributed by atoms with Crippen LogP contribution in [0.2, 0.25) is 0 Å². The third-order valence-electron chi connectivity index (χ3n) is 5.31. The van der Waals surface area contributed by atoms with Crippen LogP contribution in [-0.2, 0) is 0 Å². The van der Waals surface area contributed by atoms with E-state index >= 15 is 0 Å². The molecular formula is C15H27N3. The first-order valence-corrected chi connectivity index (χ1v) is 7.40. The van der Waals surface area contributed by atoms with E-state index in [2.05, 4.69) is 30.1 Å². The van der Waals surface area contributed by atoms with E-state index in [0.29, 0.717) is 11.3 Å². The van der Waals surface area contributed by atoms with Crippen molar-refractivity contribution in [3.63, 3.8) is 0 Å². The monoisotopic (exact) mass is 249 g/mol. The highest BCUT2D eigenvalue weighted by Gasteiger charge is 2.46. The van der Waals surface area contributed by atoms with Gasteiger partial charge in [-0.2, -0.15) is 5.26 Å². The molecule has 2 rings (SSSR count). The van der Waals surface area contributed by atoms with Crippen molar-refractivity contribution in [1.82, 2.24) is 10.2 Å². The van der Waals surface area contributed by atoms with Gasteiger partial charge in [-0.25, -0.2) is 0 Å². The lowest BCUT2D eigenvalue weighted by atomic mass is 9.78. The summed E-state index contributed by atoms with van der Waals surface area (Å²) < 4.78 is 0. The average Bonchev–Trinajstić information content (AvgIpc) is 3.23. The SMILES string of the molecule is CCC1(C)CCN(CC(C#N)(NC)C2CC2)CC1. The first kappa shape index (κ1) is 13.8. The number of rotatable bonds is 5. The standard InChI is InChI=1S/C15H27N3/c1-4-14(2)7-9-18(10-8-14)12-15(11-16,17-3)13-5-6-13/h13,17H,4-10,12H2,1-3H3. The molecule has 1 saturated heterocycles. The van der Waals surface area contributed by atoms with E-state index in [1.54, 1.807) is 0 Å². The molecule has 1 atom stereocenters. The second-order valence-corrected chi connectivity index (χ2v) is 6.55. The van der Waals surface area contributed by atoms with Gasteiger partial charge < -0.3 is 10.2 Å². The van der Waals surface area contributed by atoms with Crippen LogP contribution in [0.3, 0.4) is 0 Å². The van der Waals surface area contributed by atoms with Gasteiger partial charge in [0.05, 0.1) is 6.07 Å². The molecule has 0 aromatic rings. The van der Waals surface area contributed by atoms with Crippen molar-refractivity contribution in [2.45, 2.75) is 51.5 Å². The normalized spacial score (nSPS) is 27.4. The van der Waals surface area contributed by atoms with Crippen LogP contribution >= 0.6 is 0 Å². The molecule has 3 heteroatoms. The summed E-state index contributed by atoms with van der Waals surface area (Å²) in [5.74, 6) is 0.576. The third-order valence-corrected chi connectivity index (χ3v) is 5.31. The molecule has 0 aromatic carbocycles. The number of likely N-dealkylation sites (tertiary alicyclic amines) is 1. The van der Waals surface area contributed by atoms with E-state index in [0.717, 1.165) is 19.6 Å². The predicted molar refractivity (Wildman–Crippen MR) is 74.2 cm³/mol. The van der Waals surface area contributed by atoms with Gasteiger partial charge in [-0.05, 0) is 57.2 Å². The van der Waals surface area contributed by atoms with Crippen molar-refractivity contribution in [2.24, 2.45) is 11.3 Å². The lowest BCUT2D eigenvalue weighted by Crippen LogP contribution is -2.55. The molecule has 18 heavy (non-hydrogen) atoms. The summed E-state index contributed by atoms with van der Waals surface area (Å²) in [7, 11) is 1.95. The molecule has 0 amide bonds. The minimum absolute atomic E-state index is 0.292. The molecule has 1 saturated carbocycles. The van der Waals surface area contributed by atoms with Gasteiger partial charge in [0.25, 0.3) is 0 Å². The minimum atomic E-state index is -0.292. The molecule has 0 bridgehead atoms. The molecule has 2 fully saturated rings. The lowest BCUT2D eigenvalue weighted by molar-refractivity contribution is 0.0939. The Hall–Kier alpha value is -0.590. The summed E-state index contributed by atoms with van der Waals surface area (Å²) in [6.07, 6.45) is 6.27. The summed E-state index contributed by atoms with van der Waals surface area (Å²) in [6, 6.07) is 2.56. The van der Waals surface area contributed by atoms with E-state index in [9.17, 15) is 5.26 Å². The van der Waals surface area contributed by atoms with Gasteiger partial charge in [-0.15, -0.1) is 0 Å². The summed E-state index contributed by atoms with van der Waals surface area (Å²) in [4.78, 5) is 2.50. The third kappa shape index (κ3) is 2.70. The van der Waals surface area contributed by atoms with Crippen LogP contribution in [0.4, 0.5) is 0 Å². The van der Waals surface area contributed by atoms with Crippen LogP contribution in [-0.4, -0.2) is 37.1 Å². The summed E-state index contributed by atoms with van der Waals surface area (Å²) in [5, 5.41) is 12.8. The number of nitrogens with one attached hydrogen (secondary N) is 1. The van der Waals surface area contributed by atoms with Crippen LogP contribution in [0, 0.1) is 22.7 Å². The van der Waals surface area contributed by atoms with Crippen LogP contribution < -0.4 is 5.32 Å². The molecule has 3 nitrogen and oxygen atoms in total. The van der Waals surface area contributed by atoms with E-state index < -0.39 is 0 Å². The van der Waals surface area contributed by atoms with Crippen molar-refractivity contribution in [3.8, 4) is 6.07 Å². The molecular weight excluding hydrogens is 222 g/mol. The van der Waals surface area contributed by atoms with Crippen molar-refractivity contribution in [3.05, 3.63) is 0 Å². The fourth-order valence-corrected chi connectivity index (χ4v) is 3.13. The zero-order valence-electron chi connectivity index (χ0n) is 12.1. The number of hydrogen-bond donors (Lipinski definition) is 1. The first-order valence-electron chi connectivity index (χ1n) is 7.40.